The quantitative estimate of drug-likeness (QED) is 0.814. The number of carbonyl (C=O) groups excluding carboxylic acids is 1. The van der Waals surface area contributed by atoms with Gasteiger partial charge < -0.3 is 11.1 Å². The highest BCUT2D eigenvalue weighted by atomic mass is 32.2. The van der Waals surface area contributed by atoms with Gasteiger partial charge in [-0.05, 0) is 37.5 Å². The first-order chi connectivity index (χ1) is 10.5. The van der Waals surface area contributed by atoms with Crippen LogP contribution >= 0.6 is 0 Å². The molecule has 0 heterocycles. The van der Waals surface area contributed by atoms with Crippen LogP contribution in [0.5, 0.6) is 0 Å². The van der Waals surface area contributed by atoms with E-state index < -0.39 is 37.9 Å². The molecule has 0 unspecified atom stereocenters. The molecule has 1 aliphatic carbocycles. The van der Waals surface area contributed by atoms with Crippen LogP contribution in [-0.4, -0.2) is 31.5 Å². The molecular weight excluding hydrogens is 340 g/mol. The lowest BCUT2D eigenvalue weighted by Gasteiger charge is -2.23. The van der Waals surface area contributed by atoms with Gasteiger partial charge in [-0.15, -0.1) is 0 Å². The van der Waals surface area contributed by atoms with Crippen LogP contribution in [0, 0.1) is 0 Å². The lowest BCUT2D eigenvalue weighted by Crippen LogP contribution is -2.49. The summed E-state index contributed by atoms with van der Waals surface area (Å²) in [6.07, 6.45) is 0.626. The lowest BCUT2D eigenvalue weighted by molar-refractivity contribution is -0.127. The van der Waals surface area contributed by atoms with Crippen molar-refractivity contribution in [3.8, 4) is 0 Å². The minimum Gasteiger partial charge on any atom is -0.325 e. The molecule has 0 bridgehead atoms. The number of hydrogen-bond donors (Lipinski definition) is 2. The number of nitrogens with two attached hydrogens (primary N) is 1. The topological polar surface area (TPSA) is 89.3 Å². The van der Waals surface area contributed by atoms with Crippen LogP contribution in [0.4, 0.5) is 23.2 Å². The zero-order valence-corrected chi connectivity index (χ0v) is 12.5. The smallest absolute Gasteiger partial charge is 0.325 e. The molecule has 1 aromatic carbocycles. The van der Waals surface area contributed by atoms with E-state index in [-0.39, 0.29) is 12.1 Å². The third-order valence-corrected chi connectivity index (χ3v) is 5.21. The van der Waals surface area contributed by atoms with Crippen molar-refractivity contribution in [2.45, 2.75) is 41.4 Å². The van der Waals surface area contributed by atoms with E-state index in [0.717, 1.165) is 18.2 Å². The summed E-state index contributed by atoms with van der Waals surface area (Å²) < 4.78 is 74.7. The Balaban J connectivity index is 2.27. The first-order valence-corrected chi connectivity index (χ1v) is 8.14. The van der Waals surface area contributed by atoms with E-state index in [4.69, 9.17) is 5.73 Å². The van der Waals surface area contributed by atoms with Gasteiger partial charge in [-0.3, -0.25) is 4.79 Å². The molecule has 0 saturated heterocycles. The average molecular weight is 354 g/mol. The number of hydrogen-bond acceptors (Lipinski definition) is 4. The molecule has 1 amide bonds. The Morgan fingerprint density at radius 2 is 2.00 bits per heavy atom. The number of carbonyl (C=O) groups is 1. The number of halogens is 4. The number of alkyl halides is 4. The summed E-state index contributed by atoms with van der Waals surface area (Å²) in [5.41, 5.74) is -2.50. The molecule has 0 aromatic heterocycles. The van der Waals surface area contributed by atoms with E-state index in [0.29, 0.717) is 18.9 Å². The molecule has 10 heteroatoms. The SMILES string of the molecule is N[C@@H]1CCC[C@]1(F)C(=O)Nc1cccc(S(=O)(=O)C(F)(F)F)c1. The molecule has 0 radical (unpaired) electrons. The molecular formula is C13H14F4N2O3S. The van der Waals surface area contributed by atoms with Crippen LogP contribution in [0.1, 0.15) is 19.3 Å². The van der Waals surface area contributed by atoms with Gasteiger partial charge in [0.25, 0.3) is 15.7 Å². The van der Waals surface area contributed by atoms with Crippen molar-refractivity contribution < 1.29 is 30.8 Å². The molecule has 1 aromatic rings. The standard InChI is InChI=1S/C13H14F4N2O3S/c14-12(6-2-5-10(12)18)11(20)19-8-3-1-4-9(7-8)23(21,22)13(15,16)17/h1,3-4,7,10H,2,5-6,18H2,(H,19,20)/t10-,12-/m1/s1. The number of anilines is 1. The van der Waals surface area contributed by atoms with Gasteiger partial charge in [0.15, 0.2) is 0 Å². The Morgan fingerprint density at radius 3 is 2.52 bits per heavy atom. The summed E-state index contributed by atoms with van der Waals surface area (Å²) in [6, 6.07) is 2.55. The summed E-state index contributed by atoms with van der Waals surface area (Å²) >= 11 is 0. The summed E-state index contributed by atoms with van der Waals surface area (Å²) in [5, 5.41) is 2.09. The van der Waals surface area contributed by atoms with Crippen LogP contribution in [0.25, 0.3) is 0 Å². The Hall–Kier alpha value is -1.68. The molecule has 0 spiro atoms. The van der Waals surface area contributed by atoms with Crippen LogP contribution in [0.15, 0.2) is 29.2 Å². The second-order valence-corrected chi connectivity index (χ2v) is 7.23. The first kappa shape index (κ1) is 17.7. The zero-order chi connectivity index (χ0) is 17.5. The fourth-order valence-corrected chi connectivity index (χ4v) is 3.19. The van der Waals surface area contributed by atoms with Crippen molar-refractivity contribution in [1.82, 2.24) is 0 Å². The molecule has 128 valence electrons. The molecule has 2 atom stereocenters. The third-order valence-electron chi connectivity index (χ3n) is 3.73. The fraction of sp³-hybridized carbons (Fsp3) is 0.462. The molecule has 5 nitrogen and oxygen atoms in total. The van der Waals surface area contributed by atoms with Crippen LogP contribution in [0.3, 0.4) is 0 Å². The minimum absolute atomic E-state index is 0.0967. The Kier molecular flexibility index (Phi) is 4.42. The first-order valence-electron chi connectivity index (χ1n) is 6.66. The molecule has 1 saturated carbocycles. The van der Waals surface area contributed by atoms with Gasteiger partial charge in [0.2, 0.25) is 5.67 Å². The van der Waals surface area contributed by atoms with Crippen LogP contribution in [0.2, 0.25) is 0 Å². The Labute approximate surface area is 129 Å². The van der Waals surface area contributed by atoms with Gasteiger partial charge in [-0.1, -0.05) is 6.07 Å². The summed E-state index contributed by atoms with van der Waals surface area (Å²) in [5.74, 6) is -1.09. The van der Waals surface area contributed by atoms with E-state index >= 15 is 0 Å². The summed E-state index contributed by atoms with van der Waals surface area (Å²) in [7, 11) is -5.55. The van der Waals surface area contributed by atoms with Crippen molar-refractivity contribution in [3.63, 3.8) is 0 Å². The molecule has 1 fully saturated rings. The van der Waals surface area contributed by atoms with Crippen molar-refractivity contribution in [2.24, 2.45) is 5.73 Å². The van der Waals surface area contributed by atoms with Crippen LogP contribution < -0.4 is 11.1 Å². The normalized spacial score (nSPS) is 25.3. The maximum atomic E-state index is 14.5. The van der Waals surface area contributed by atoms with Crippen molar-refractivity contribution in [2.75, 3.05) is 5.32 Å². The van der Waals surface area contributed by atoms with Gasteiger partial charge in [0, 0.05) is 11.7 Å². The zero-order valence-electron chi connectivity index (χ0n) is 11.7. The maximum absolute atomic E-state index is 14.5. The third kappa shape index (κ3) is 3.18. The number of sulfone groups is 1. The van der Waals surface area contributed by atoms with Gasteiger partial charge >= 0.3 is 5.51 Å². The highest BCUT2D eigenvalue weighted by Crippen LogP contribution is 2.35. The molecule has 23 heavy (non-hydrogen) atoms. The van der Waals surface area contributed by atoms with Gasteiger partial charge in [0.05, 0.1) is 4.90 Å². The molecule has 2 rings (SSSR count). The van der Waals surface area contributed by atoms with Crippen molar-refractivity contribution in [3.05, 3.63) is 24.3 Å². The van der Waals surface area contributed by atoms with Gasteiger partial charge in [0.1, 0.15) is 0 Å². The number of amides is 1. The fourth-order valence-electron chi connectivity index (χ4n) is 2.38. The highest BCUT2D eigenvalue weighted by Gasteiger charge is 2.49. The largest absolute Gasteiger partial charge is 0.501 e. The monoisotopic (exact) mass is 354 g/mol. The maximum Gasteiger partial charge on any atom is 0.501 e. The second kappa shape index (κ2) is 5.75. The summed E-state index contributed by atoms with van der Waals surface area (Å²) in [6.45, 7) is 0. The van der Waals surface area contributed by atoms with E-state index in [9.17, 15) is 30.8 Å². The predicted molar refractivity (Wildman–Crippen MR) is 74.0 cm³/mol. The number of nitrogens with one attached hydrogen (secondary N) is 1. The average Bonchev–Trinajstić information content (AvgIpc) is 2.79. The van der Waals surface area contributed by atoms with E-state index in [1.807, 2.05) is 0 Å². The molecule has 0 aliphatic heterocycles. The van der Waals surface area contributed by atoms with Gasteiger partial charge in [-0.2, -0.15) is 13.2 Å². The highest BCUT2D eigenvalue weighted by molar-refractivity contribution is 7.92. The predicted octanol–water partition coefficient (Wildman–Crippen LogP) is 2.14. The Bertz CT molecular complexity index is 720. The second-order valence-electron chi connectivity index (χ2n) is 5.29. The van der Waals surface area contributed by atoms with Gasteiger partial charge in [-0.25, -0.2) is 12.8 Å². The minimum atomic E-state index is -5.55. The Morgan fingerprint density at radius 1 is 1.35 bits per heavy atom. The summed E-state index contributed by atoms with van der Waals surface area (Å²) in [4.78, 5) is 10.9. The van der Waals surface area contributed by atoms with E-state index in [1.54, 1.807) is 0 Å². The van der Waals surface area contributed by atoms with E-state index in [1.165, 1.54) is 0 Å². The van der Waals surface area contributed by atoms with E-state index in [2.05, 4.69) is 5.32 Å². The van der Waals surface area contributed by atoms with Crippen molar-refractivity contribution in [1.29, 1.82) is 0 Å². The molecule has 1 aliphatic rings. The van der Waals surface area contributed by atoms with Crippen molar-refractivity contribution >= 4 is 21.4 Å². The lowest BCUT2D eigenvalue weighted by atomic mass is 9.99. The molecule has 3 N–H and O–H groups in total. The van der Waals surface area contributed by atoms with Crippen LogP contribution in [-0.2, 0) is 14.6 Å². The number of rotatable bonds is 3. The number of benzene rings is 1.